The molecule has 1 N–H and O–H groups in total. The number of halogens is 3. The fraction of sp³-hybridized carbons (Fsp3) is 0.100. The van der Waals surface area contributed by atoms with Crippen molar-refractivity contribution in [1.29, 1.82) is 0 Å². The average Bonchev–Trinajstić information content (AvgIpc) is 2.66. The number of fused-ring (bicyclic) bond motifs is 1. The molecule has 0 unspecified atom stereocenters. The highest BCUT2D eigenvalue weighted by Gasteiger charge is 2.30. The van der Waals surface area contributed by atoms with E-state index in [9.17, 15) is 22.8 Å². The summed E-state index contributed by atoms with van der Waals surface area (Å²) in [4.78, 5) is 23.5. The zero-order chi connectivity index (χ0) is 20.1. The lowest BCUT2D eigenvalue weighted by Crippen LogP contribution is -2.20. The number of anilines is 1. The average molecular weight is 389 g/mol. The minimum Gasteiger partial charge on any atom is -0.483 e. The molecule has 3 rings (SSSR count). The lowest BCUT2D eigenvalue weighted by atomic mass is 10.0. The van der Waals surface area contributed by atoms with E-state index in [0.717, 1.165) is 17.5 Å². The third kappa shape index (κ3) is 4.79. The predicted octanol–water partition coefficient (Wildman–Crippen LogP) is 4.57. The molecule has 0 radical (unpaired) electrons. The Labute approximate surface area is 157 Å². The van der Waals surface area contributed by atoms with Gasteiger partial charge in [0.05, 0.1) is 5.56 Å². The Morgan fingerprint density at radius 1 is 1.00 bits per heavy atom. The molecule has 3 aromatic rings. The first kappa shape index (κ1) is 19.2. The van der Waals surface area contributed by atoms with E-state index in [1.165, 1.54) is 12.1 Å². The van der Waals surface area contributed by atoms with E-state index >= 15 is 0 Å². The fourth-order valence-electron chi connectivity index (χ4n) is 2.60. The molecule has 144 valence electrons. The predicted molar refractivity (Wildman–Crippen MR) is 96.6 cm³/mol. The molecule has 0 aliphatic rings. The Hall–Kier alpha value is -3.55. The van der Waals surface area contributed by atoms with Crippen LogP contribution in [-0.4, -0.2) is 25.2 Å². The highest BCUT2D eigenvalue weighted by molar-refractivity contribution is 6.01. The molecule has 1 amide bonds. The van der Waals surface area contributed by atoms with E-state index < -0.39 is 18.0 Å². The van der Waals surface area contributed by atoms with Crippen LogP contribution in [0.4, 0.5) is 18.9 Å². The van der Waals surface area contributed by atoms with Crippen LogP contribution in [0.15, 0.2) is 60.7 Å². The van der Waals surface area contributed by atoms with Gasteiger partial charge in [0, 0.05) is 5.69 Å². The second-order valence-electron chi connectivity index (χ2n) is 5.73. The summed E-state index contributed by atoms with van der Waals surface area (Å²) >= 11 is 0. The quantitative estimate of drug-likeness (QED) is 0.628. The van der Waals surface area contributed by atoms with Gasteiger partial charge in [-0.15, -0.1) is 13.2 Å². The van der Waals surface area contributed by atoms with Crippen LogP contribution < -0.4 is 14.8 Å². The Morgan fingerprint density at radius 3 is 2.39 bits per heavy atom. The van der Waals surface area contributed by atoms with Crippen molar-refractivity contribution in [1.82, 2.24) is 0 Å². The van der Waals surface area contributed by atoms with Crippen molar-refractivity contribution < 1.29 is 32.2 Å². The van der Waals surface area contributed by atoms with Crippen molar-refractivity contribution in [3.05, 3.63) is 66.2 Å². The number of amides is 1. The van der Waals surface area contributed by atoms with Gasteiger partial charge in [-0.1, -0.05) is 30.3 Å². The van der Waals surface area contributed by atoms with E-state index in [2.05, 4.69) is 10.1 Å². The summed E-state index contributed by atoms with van der Waals surface area (Å²) in [5.41, 5.74) is 0.608. The summed E-state index contributed by atoms with van der Waals surface area (Å²) in [6.07, 6.45) is -4.12. The summed E-state index contributed by atoms with van der Waals surface area (Å²) in [6.45, 7) is -0.375. The summed E-state index contributed by atoms with van der Waals surface area (Å²) in [6, 6.07) is 15.3. The summed E-state index contributed by atoms with van der Waals surface area (Å²) in [5.74, 6) is -0.666. The van der Waals surface area contributed by atoms with Crippen LogP contribution in [0.1, 0.15) is 10.4 Å². The summed E-state index contributed by atoms with van der Waals surface area (Å²) in [7, 11) is 0. The molecule has 28 heavy (non-hydrogen) atoms. The minimum absolute atomic E-state index is 0.262. The Morgan fingerprint density at radius 2 is 1.71 bits per heavy atom. The highest BCUT2D eigenvalue weighted by atomic mass is 19.4. The van der Waals surface area contributed by atoms with Gasteiger partial charge >= 0.3 is 6.36 Å². The van der Waals surface area contributed by atoms with Gasteiger partial charge in [-0.2, -0.15) is 0 Å². The maximum atomic E-state index is 12.1. The van der Waals surface area contributed by atoms with Crippen LogP contribution in [-0.2, 0) is 4.79 Å². The molecule has 0 heterocycles. The maximum absolute atomic E-state index is 12.1. The van der Waals surface area contributed by atoms with Gasteiger partial charge < -0.3 is 14.8 Å². The van der Waals surface area contributed by atoms with E-state index in [-0.39, 0.29) is 18.0 Å². The van der Waals surface area contributed by atoms with Crippen molar-refractivity contribution in [2.24, 2.45) is 0 Å². The Bertz CT molecular complexity index is 1000. The number of carbonyl (C=O) groups excluding carboxylic acids is 2. The van der Waals surface area contributed by atoms with Crippen LogP contribution in [0.25, 0.3) is 10.8 Å². The van der Waals surface area contributed by atoms with Gasteiger partial charge in [0.15, 0.2) is 12.9 Å². The summed E-state index contributed by atoms with van der Waals surface area (Å²) in [5, 5.41) is 4.06. The molecule has 0 bridgehead atoms. The standard InChI is InChI=1S/C20H14F3NO4/c21-20(22,23)28-15-8-6-14(7-9-15)24-19(26)12-27-18-10-5-13-3-1-2-4-16(13)17(18)11-25/h1-11H,12H2,(H,24,26). The lowest BCUT2D eigenvalue weighted by Gasteiger charge is -2.12. The molecule has 3 aromatic carbocycles. The molecule has 5 nitrogen and oxygen atoms in total. The molecule has 0 aromatic heterocycles. The normalized spacial score (nSPS) is 11.1. The Kier molecular flexibility index (Phi) is 5.49. The molecule has 0 spiro atoms. The molecule has 0 aliphatic heterocycles. The number of hydrogen-bond acceptors (Lipinski definition) is 4. The minimum atomic E-state index is -4.78. The largest absolute Gasteiger partial charge is 0.573 e. The molecule has 0 atom stereocenters. The second-order valence-corrected chi connectivity index (χ2v) is 5.73. The van der Waals surface area contributed by atoms with Crippen LogP contribution >= 0.6 is 0 Å². The van der Waals surface area contributed by atoms with E-state index in [1.54, 1.807) is 24.3 Å². The first-order valence-corrected chi connectivity index (χ1v) is 8.11. The van der Waals surface area contributed by atoms with Crippen LogP contribution in [0.5, 0.6) is 11.5 Å². The second kappa shape index (κ2) is 7.99. The van der Waals surface area contributed by atoms with E-state index in [1.807, 2.05) is 12.1 Å². The van der Waals surface area contributed by atoms with Crippen molar-refractivity contribution >= 4 is 28.7 Å². The first-order chi connectivity index (χ1) is 13.4. The number of nitrogens with one attached hydrogen (secondary N) is 1. The zero-order valence-electron chi connectivity index (χ0n) is 14.3. The smallest absolute Gasteiger partial charge is 0.483 e. The SMILES string of the molecule is O=Cc1c(OCC(=O)Nc2ccc(OC(F)(F)F)cc2)ccc2ccccc12. The number of carbonyl (C=O) groups is 2. The van der Waals surface area contributed by atoms with Gasteiger partial charge in [0.25, 0.3) is 5.91 Å². The van der Waals surface area contributed by atoms with Gasteiger partial charge in [-0.05, 0) is 41.1 Å². The van der Waals surface area contributed by atoms with Crippen molar-refractivity contribution in [3.8, 4) is 11.5 Å². The van der Waals surface area contributed by atoms with Crippen LogP contribution in [0, 0.1) is 0 Å². The number of ether oxygens (including phenoxy) is 2. The van der Waals surface area contributed by atoms with E-state index in [0.29, 0.717) is 17.2 Å². The lowest BCUT2D eigenvalue weighted by molar-refractivity contribution is -0.274. The van der Waals surface area contributed by atoms with Crippen LogP contribution in [0.3, 0.4) is 0 Å². The molecule has 0 aliphatic carbocycles. The Balaban J connectivity index is 1.63. The van der Waals surface area contributed by atoms with Gasteiger partial charge in [-0.3, -0.25) is 9.59 Å². The number of benzene rings is 3. The number of rotatable bonds is 6. The molecule has 0 saturated carbocycles. The topological polar surface area (TPSA) is 64.6 Å². The van der Waals surface area contributed by atoms with Crippen molar-refractivity contribution in [3.63, 3.8) is 0 Å². The van der Waals surface area contributed by atoms with Crippen molar-refractivity contribution in [2.45, 2.75) is 6.36 Å². The molecule has 0 saturated heterocycles. The third-order valence-corrected chi connectivity index (χ3v) is 3.78. The molecular formula is C20H14F3NO4. The van der Waals surface area contributed by atoms with Crippen molar-refractivity contribution in [2.75, 3.05) is 11.9 Å². The number of hydrogen-bond donors (Lipinski definition) is 1. The number of alkyl halides is 3. The zero-order valence-corrected chi connectivity index (χ0v) is 14.3. The highest BCUT2D eigenvalue weighted by Crippen LogP contribution is 2.27. The molecular weight excluding hydrogens is 375 g/mol. The van der Waals surface area contributed by atoms with Gasteiger partial charge in [0.2, 0.25) is 0 Å². The monoisotopic (exact) mass is 389 g/mol. The van der Waals surface area contributed by atoms with Gasteiger partial charge in [0.1, 0.15) is 11.5 Å². The first-order valence-electron chi connectivity index (χ1n) is 8.11. The fourth-order valence-corrected chi connectivity index (χ4v) is 2.60. The molecule has 0 fully saturated rings. The molecule has 8 heteroatoms. The third-order valence-electron chi connectivity index (χ3n) is 3.78. The maximum Gasteiger partial charge on any atom is 0.573 e. The van der Waals surface area contributed by atoms with Crippen LogP contribution in [0.2, 0.25) is 0 Å². The summed E-state index contributed by atoms with van der Waals surface area (Å²) < 4.78 is 45.6. The van der Waals surface area contributed by atoms with Gasteiger partial charge in [-0.25, -0.2) is 0 Å². The number of aldehydes is 1. The van der Waals surface area contributed by atoms with E-state index in [4.69, 9.17) is 4.74 Å².